The molecule has 2 rings (SSSR count). The number of rotatable bonds is 8. The van der Waals surface area contributed by atoms with E-state index in [1.54, 1.807) is 0 Å². The minimum absolute atomic E-state index is 0. The highest BCUT2D eigenvalue weighted by Gasteiger charge is 2.29. The maximum absolute atomic E-state index is 12.8. The quantitative estimate of drug-likeness (QED) is 0.700. The second kappa shape index (κ2) is 13.2. The Morgan fingerprint density at radius 3 is 2.41 bits per heavy atom. The van der Waals surface area contributed by atoms with Crippen LogP contribution >= 0.6 is 24.8 Å². The van der Waals surface area contributed by atoms with E-state index in [1.165, 1.54) is 0 Å². The summed E-state index contributed by atoms with van der Waals surface area (Å²) in [5, 5.41) is 0. The molecule has 1 aliphatic heterocycles. The molecule has 7 heteroatoms. The Hall–Kier alpha value is -1.01. The highest BCUT2D eigenvalue weighted by atomic mass is 35.5. The average molecular weight is 420 g/mol. The Kier molecular flexibility index (Phi) is 12.7. The highest BCUT2D eigenvalue weighted by Crippen LogP contribution is 2.24. The number of amides is 1. The van der Waals surface area contributed by atoms with E-state index >= 15 is 0 Å². The summed E-state index contributed by atoms with van der Waals surface area (Å²) in [6.45, 7) is 11.5. The van der Waals surface area contributed by atoms with Gasteiger partial charge in [0, 0.05) is 31.2 Å². The van der Waals surface area contributed by atoms with Gasteiger partial charge in [0.25, 0.3) is 5.91 Å². The molecule has 1 fully saturated rings. The van der Waals surface area contributed by atoms with Gasteiger partial charge in [-0.05, 0) is 56.1 Å². The highest BCUT2D eigenvalue weighted by molar-refractivity contribution is 5.94. The molecular formula is C20H35Cl2N3O2. The van der Waals surface area contributed by atoms with Gasteiger partial charge in [-0.3, -0.25) is 4.79 Å². The van der Waals surface area contributed by atoms with Gasteiger partial charge in [-0.2, -0.15) is 0 Å². The Bertz CT molecular complexity index is 539. The van der Waals surface area contributed by atoms with Crippen LogP contribution in [0.5, 0.6) is 5.75 Å². The summed E-state index contributed by atoms with van der Waals surface area (Å²) < 4.78 is 5.79. The van der Waals surface area contributed by atoms with E-state index in [4.69, 9.17) is 10.5 Å². The Morgan fingerprint density at radius 2 is 1.85 bits per heavy atom. The van der Waals surface area contributed by atoms with Crippen LogP contribution in [0.1, 0.15) is 44.0 Å². The van der Waals surface area contributed by atoms with Crippen molar-refractivity contribution >= 4 is 30.7 Å². The summed E-state index contributed by atoms with van der Waals surface area (Å²) in [5.41, 5.74) is 6.59. The Balaban J connectivity index is 0.00000338. The monoisotopic (exact) mass is 419 g/mol. The van der Waals surface area contributed by atoms with E-state index in [-0.39, 0.29) is 36.8 Å². The number of benzene rings is 1. The molecule has 0 bridgehead atoms. The van der Waals surface area contributed by atoms with Gasteiger partial charge in [0.05, 0.1) is 0 Å². The molecule has 1 saturated heterocycles. The molecule has 0 spiro atoms. The van der Waals surface area contributed by atoms with E-state index in [0.29, 0.717) is 24.6 Å². The number of piperidine rings is 1. The fourth-order valence-electron chi connectivity index (χ4n) is 3.43. The van der Waals surface area contributed by atoms with Gasteiger partial charge in [0.1, 0.15) is 12.4 Å². The third kappa shape index (κ3) is 7.49. The maximum atomic E-state index is 12.8. The lowest BCUT2D eigenvalue weighted by atomic mass is 9.92. The fraction of sp³-hybridized carbons (Fsp3) is 0.650. The minimum Gasteiger partial charge on any atom is -0.492 e. The van der Waals surface area contributed by atoms with Crippen LogP contribution in [-0.4, -0.2) is 61.1 Å². The van der Waals surface area contributed by atoms with Gasteiger partial charge in [-0.1, -0.05) is 20.8 Å². The van der Waals surface area contributed by atoms with Gasteiger partial charge in [0.15, 0.2) is 0 Å². The van der Waals surface area contributed by atoms with Crippen LogP contribution < -0.4 is 10.5 Å². The van der Waals surface area contributed by atoms with Gasteiger partial charge in [0.2, 0.25) is 0 Å². The second-order valence-corrected chi connectivity index (χ2v) is 6.92. The number of nitrogens with two attached hydrogens (primary N) is 1. The standard InChI is InChI=1S/C20H33N3O2.2ClH/c1-4-22(5-2)12-13-25-19-8-6-17(7-9-19)20(24)23-11-10-16(3)14-18(23)15-21;;/h6-9,16,18H,4-5,10-15,21H2,1-3H3;2*1H. The Labute approximate surface area is 176 Å². The van der Waals surface area contributed by atoms with Crippen LogP contribution in [0.4, 0.5) is 0 Å². The lowest BCUT2D eigenvalue weighted by Crippen LogP contribution is -2.49. The number of carbonyl (C=O) groups excluding carboxylic acids is 1. The predicted octanol–water partition coefficient (Wildman–Crippen LogP) is 3.45. The molecule has 0 radical (unpaired) electrons. The van der Waals surface area contributed by atoms with Crippen molar-refractivity contribution in [1.82, 2.24) is 9.80 Å². The first-order valence-corrected chi connectivity index (χ1v) is 9.55. The summed E-state index contributed by atoms with van der Waals surface area (Å²) in [7, 11) is 0. The molecule has 2 unspecified atom stereocenters. The molecule has 1 amide bonds. The summed E-state index contributed by atoms with van der Waals surface area (Å²) in [6, 6.07) is 7.65. The third-order valence-electron chi connectivity index (χ3n) is 5.18. The second-order valence-electron chi connectivity index (χ2n) is 6.92. The fourth-order valence-corrected chi connectivity index (χ4v) is 3.43. The van der Waals surface area contributed by atoms with Crippen molar-refractivity contribution in [2.75, 3.05) is 39.3 Å². The van der Waals surface area contributed by atoms with Crippen molar-refractivity contribution in [3.63, 3.8) is 0 Å². The third-order valence-corrected chi connectivity index (χ3v) is 5.18. The molecule has 1 heterocycles. The largest absolute Gasteiger partial charge is 0.492 e. The van der Waals surface area contributed by atoms with Gasteiger partial charge >= 0.3 is 0 Å². The molecule has 0 aromatic heterocycles. The van der Waals surface area contributed by atoms with Crippen molar-refractivity contribution in [2.45, 2.75) is 39.7 Å². The number of ether oxygens (including phenoxy) is 1. The number of likely N-dealkylation sites (tertiary alicyclic amines) is 1. The number of nitrogens with zero attached hydrogens (tertiary/aromatic N) is 2. The normalized spacial score (nSPS) is 19.2. The molecule has 0 saturated carbocycles. The van der Waals surface area contributed by atoms with Crippen LogP contribution in [-0.2, 0) is 0 Å². The van der Waals surface area contributed by atoms with Crippen molar-refractivity contribution in [3.05, 3.63) is 29.8 Å². The maximum Gasteiger partial charge on any atom is 0.254 e. The minimum atomic E-state index is 0. The first kappa shape index (κ1) is 26.0. The van der Waals surface area contributed by atoms with E-state index in [2.05, 4.69) is 25.7 Å². The summed E-state index contributed by atoms with van der Waals surface area (Å²) in [5.74, 6) is 1.53. The van der Waals surface area contributed by atoms with Gasteiger partial charge < -0.3 is 20.3 Å². The van der Waals surface area contributed by atoms with Gasteiger partial charge in [-0.15, -0.1) is 24.8 Å². The smallest absolute Gasteiger partial charge is 0.254 e. The van der Waals surface area contributed by atoms with Crippen LogP contribution in [0.3, 0.4) is 0 Å². The molecular weight excluding hydrogens is 385 g/mol. The number of likely N-dealkylation sites (N-methyl/N-ethyl adjacent to an activating group) is 1. The van der Waals surface area contributed by atoms with Crippen molar-refractivity contribution in [1.29, 1.82) is 0 Å². The molecule has 156 valence electrons. The summed E-state index contributed by atoms with van der Waals surface area (Å²) >= 11 is 0. The zero-order valence-electron chi connectivity index (χ0n) is 16.7. The molecule has 2 atom stereocenters. The number of hydrogen-bond acceptors (Lipinski definition) is 4. The Morgan fingerprint density at radius 1 is 1.22 bits per heavy atom. The number of carbonyl (C=O) groups is 1. The first-order chi connectivity index (χ1) is 12.1. The van der Waals surface area contributed by atoms with Crippen LogP contribution in [0.15, 0.2) is 24.3 Å². The summed E-state index contributed by atoms with van der Waals surface area (Å²) in [6.07, 6.45) is 2.05. The zero-order valence-corrected chi connectivity index (χ0v) is 18.4. The van der Waals surface area contributed by atoms with Crippen LogP contribution in [0, 0.1) is 5.92 Å². The molecule has 27 heavy (non-hydrogen) atoms. The van der Waals surface area contributed by atoms with Crippen LogP contribution in [0.2, 0.25) is 0 Å². The van der Waals surface area contributed by atoms with Gasteiger partial charge in [-0.25, -0.2) is 0 Å². The van der Waals surface area contributed by atoms with E-state index in [1.807, 2.05) is 29.2 Å². The lowest BCUT2D eigenvalue weighted by Gasteiger charge is -2.38. The van der Waals surface area contributed by atoms with Crippen LogP contribution in [0.25, 0.3) is 0 Å². The first-order valence-electron chi connectivity index (χ1n) is 9.55. The molecule has 1 aromatic rings. The SMILES string of the molecule is CCN(CC)CCOc1ccc(C(=O)N2CCC(C)CC2CN)cc1.Cl.Cl. The van der Waals surface area contributed by atoms with E-state index in [0.717, 1.165) is 44.8 Å². The zero-order chi connectivity index (χ0) is 18.2. The van der Waals surface area contributed by atoms with Crippen molar-refractivity contribution in [2.24, 2.45) is 11.7 Å². The summed E-state index contributed by atoms with van der Waals surface area (Å²) in [4.78, 5) is 17.1. The molecule has 5 nitrogen and oxygen atoms in total. The van der Waals surface area contributed by atoms with E-state index in [9.17, 15) is 4.79 Å². The molecule has 1 aromatic carbocycles. The number of hydrogen-bond donors (Lipinski definition) is 1. The topological polar surface area (TPSA) is 58.8 Å². The molecule has 0 aliphatic carbocycles. The predicted molar refractivity (Wildman–Crippen MR) is 116 cm³/mol. The lowest BCUT2D eigenvalue weighted by molar-refractivity contribution is 0.0573. The van der Waals surface area contributed by atoms with Crippen molar-refractivity contribution in [3.8, 4) is 5.75 Å². The van der Waals surface area contributed by atoms with E-state index < -0.39 is 0 Å². The van der Waals surface area contributed by atoms with Crippen molar-refractivity contribution < 1.29 is 9.53 Å². The molecule has 2 N–H and O–H groups in total. The molecule has 1 aliphatic rings. The number of halogens is 2. The average Bonchev–Trinajstić information content (AvgIpc) is 2.65.